The van der Waals surface area contributed by atoms with Crippen molar-refractivity contribution in [3.63, 3.8) is 0 Å². The van der Waals surface area contributed by atoms with E-state index in [9.17, 15) is 8.42 Å². The lowest BCUT2D eigenvalue weighted by Gasteiger charge is -1.99. The van der Waals surface area contributed by atoms with E-state index in [2.05, 4.69) is 9.39 Å². The van der Waals surface area contributed by atoms with Crippen LogP contribution in [0.25, 0.3) is 0 Å². The summed E-state index contributed by atoms with van der Waals surface area (Å²) >= 11 is 0. The maximum atomic E-state index is 11.2. The van der Waals surface area contributed by atoms with E-state index in [1.165, 1.54) is 0 Å². The van der Waals surface area contributed by atoms with E-state index >= 15 is 0 Å². The largest absolute Gasteiger partial charge is 0.267 e. The van der Waals surface area contributed by atoms with Crippen LogP contribution in [0.5, 0.6) is 0 Å². The minimum atomic E-state index is -2.28. The molecule has 1 heterocycles. The van der Waals surface area contributed by atoms with Gasteiger partial charge in [0, 0.05) is 5.56 Å². The Kier molecular flexibility index (Phi) is 3.88. The van der Waals surface area contributed by atoms with Crippen molar-refractivity contribution in [3.8, 4) is 0 Å². The quantitative estimate of drug-likeness (QED) is 0.832. The van der Waals surface area contributed by atoms with E-state index < -0.39 is 18.9 Å². The van der Waals surface area contributed by atoms with Crippen LogP contribution in [-0.4, -0.2) is 19.3 Å². The Morgan fingerprint density at radius 3 is 2.44 bits per heavy atom. The summed E-state index contributed by atoms with van der Waals surface area (Å²) < 4.78 is 26.5. The zero-order valence-corrected chi connectivity index (χ0v) is 11.6. The molecule has 94 valence electrons. The van der Waals surface area contributed by atoms with Gasteiger partial charge in [0.15, 0.2) is 5.84 Å². The highest BCUT2D eigenvalue weighted by molar-refractivity contribution is 8.41. The molecule has 0 aromatic heterocycles. The van der Waals surface area contributed by atoms with Crippen LogP contribution in [0, 0.1) is 6.92 Å². The molecule has 1 atom stereocenters. The summed E-state index contributed by atoms with van der Waals surface area (Å²) in [4.78, 5) is 4.28. The lowest BCUT2D eigenvalue weighted by atomic mass is 10.2. The molecule has 1 aliphatic heterocycles. The number of aryl methyl sites for hydroxylation is 1. The van der Waals surface area contributed by atoms with Crippen LogP contribution in [0.4, 0.5) is 0 Å². The summed E-state index contributed by atoms with van der Waals surface area (Å²) in [5, 5.41) is 0.511. The van der Waals surface area contributed by atoms with Gasteiger partial charge in [-0.25, -0.2) is 4.99 Å². The molecule has 0 saturated heterocycles. The van der Waals surface area contributed by atoms with Gasteiger partial charge in [-0.05, 0) is 19.9 Å². The van der Waals surface area contributed by atoms with Crippen molar-refractivity contribution in [2.24, 2.45) is 9.39 Å². The van der Waals surface area contributed by atoms with Crippen molar-refractivity contribution in [2.75, 3.05) is 0 Å². The molecule has 1 aliphatic rings. The Labute approximate surface area is 109 Å². The zero-order valence-electron chi connectivity index (χ0n) is 9.99. The summed E-state index contributed by atoms with van der Waals surface area (Å²) in [7, 11) is -3.48. The molecule has 0 spiro atoms. The maximum absolute atomic E-state index is 11.2. The molecule has 0 amide bonds. The third-order valence-electron chi connectivity index (χ3n) is 2.30. The number of nitrogens with zero attached hydrogens (tertiary/aromatic N) is 2. The summed E-state index contributed by atoms with van der Waals surface area (Å²) in [6.07, 6.45) is 3.49. The van der Waals surface area contributed by atoms with E-state index in [1.54, 1.807) is 12.2 Å². The van der Waals surface area contributed by atoms with Crippen LogP contribution in [-0.2, 0) is 18.9 Å². The minimum absolute atomic E-state index is 0.459. The Morgan fingerprint density at radius 1 is 1.22 bits per heavy atom. The molecule has 0 bridgehead atoms. The molecule has 0 fully saturated rings. The molecule has 1 unspecified atom stereocenters. The third kappa shape index (κ3) is 2.65. The first-order valence-corrected chi connectivity index (χ1v) is 8.10. The highest BCUT2D eigenvalue weighted by Gasteiger charge is 2.18. The van der Waals surface area contributed by atoms with Gasteiger partial charge in [0.25, 0.3) is 9.26 Å². The zero-order chi connectivity index (χ0) is 13.1. The molecule has 0 aliphatic carbocycles. The maximum Gasteiger partial charge on any atom is 0.267 e. The summed E-state index contributed by atoms with van der Waals surface area (Å²) in [5.74, 6) is 0.459. The fraction of sp³-hybridized carbons (Fsp3) is 0.167. The Bertz CT molecular complexity index is 688. The predicted octanol–water partition coefficient (Wildman–Crippen LogP) is 2.06. The lowest BCUT2D eigenvalue weighted by molar-refractivity contribution is 0.628. The van der Waals surface area contributed by atoms with Gasteiger partial charge in [0.05, 0.1) is 0 Å². The number of aliphatic imine (C=N–C) groups is 1. The first kappa shape index (κ1) is 12.9. The molecular weight excluding hydrogens is 268 g/mol. The average molecular weight is 280 g/mol. The van der Waals surface area contributed by atoms with Crippen molar-refractivity contribution in [2.45, 2.75) is 13.8 Å². The second kappa shape index (κ2) is 5.41. The highest BCUT2D eigenvalue weighted by atomic mass is 32.9. The highest BCUT2D eigenvalue weighted by Crippen LogP contribution is 2.14. The van der Waals surface area contributed by atoms with Gasteiger partial charge in [-0.1, -0.05) is 35.9 Å². The first-order valence-electron chi connectivity index (χ1n) is 5.33. The number of hydrogen-bond acceptors (Lipinski definition) is 3. The molecule has 0 radical (unpaired) electrons. The monoisotopic (exact) mass is 280 g/mol. The van der Waals surface area contributed by atoms with Crippen LogP contribution in [0.3, 0.4) is 0 Å². The Hall–Kier alpha value is -1.53. The van der Waals surface area contributed by atoms with Crippen molar-refractivity contribution in [1.82, 2.24) is 0 Å². The standard InChI is InChI=1S/C12H12N2O2S2/c1-3-4-11-13-12(17(14-11)18(15)16)10-7-5-9(2)6-8-10/h3-8H,1-2H3. The number of amidine groups is 1. The molecule has 18 heavy (non-hydrogen) atoms. The second-order valence-electron chi connectivity index (χ2n) is 3.69. The van der Waals surface area contributed by atoms with Gasteiger partial charge in [-0.3, -0.25) is 0 Å². The molecule has 0 N–H and O–H groups in total. The fourth-order valence-electron chi connectivity index (χ4n) is 1.46. The van der Waals surface area contributed by atoms with Crippen molar-refractivity contribution >= 4 is 29.8 Å². The first-order chi connectivity index (χ1) is 8.61. The van der Waals surface area contributed by atoms with E-state index in [4.69, 9.17) is 0 Å². The Balaban J connectivity index is 2.54. The van der Waals surface area contributed by atoms with Crippen LogP contribution in [0.15, 0.2) is 45.8 Å². The topological polar surface area (TPSA) is 58.9 Å². The summed E-state index contributed by atoms with van der Waals surface area (Å²) in [5.41, 5.74) is 1.92. The van der Waals surface area contributed by atoms with Gasteiger partial charge in [0.2, 0.25) is 0 Å². The van der Waals surface area contributed by atoms with E-state index in [0.29, 0.717) is 10.9 Å². The van der Waals surface area contributed by atoms with Crippen LogP contribution in [0.2, 0.25) is 0 Å². The second-order valence-corrected chi connectivity index (χ2v) is 6.93. The van der Waals surface area contributed by atoms with E-state index in [0.717, 1.165) is 11.1 Å². The smallest absolute Gasteiger partial charge is 0.219 e. The number of hydrogen-bond donors (Lipinski definition) is 0. The van der Waals surface area contributed by atoms with Crippen LogP contribution in [0.1, 0.15) is 18.1 Å². The Morgan fingerprint density at radius 2 is 1.89 bits per heavy atom. The average Bonchev–Trinajstić information content (AvgIpc) is 2.75. The predicted molar refractivity (Wildman–Crippen MR) is 76.2 cm³/mol. The van der Waals surface area contributed by atoms with Gasteiger partial charge >= 0.3 is 0 Å². The lowest BCUT2D eigenvalue weighted by Crippen LogP contribution is -2.03. The van der Waals surface area contributed by atoms with E-state index in [-0.39, 0.29) is 0 Å². The number of allylic oxidation sites excluding steroid dienone is 1. The van der Waals surface area contributed by atoms with Crippen LogP contribution < -0.4 is 0 Å². The molecule has 4 nitrogen and oxygen atoms in total. The summed E-state index contributed by atoms with van der Waals surface area (Å²) in [6, 6.07) is 7.60. The van der Waals surface area contributed by atoms with Gasteiger partial charge < -0.3 is 0 Å². The third-order valence-corrected chi connectivity index (χ3v) is 5.04. The molecule has 0 saturated carbocycles. The molecular formula is C12H12N2O2S2. The van der Waals surface area contributed by atoms with Gasteiger partial charge in [-0.15, -0.1) is 0 Å². The van der Waals surface area contributed by atoms with Crippen molar-refractivity contribution in [3.05, 3.63) is 47.5 Å². The number of rotatable bonds is 2. The van der Waals surface area contributed by atoms with Crippen molar-refractivity contribution < 1.29 is 8.42 Å². The van der Waals surface area contributed by atoms with Crippen LogP contribution >= 0.6 is 0 Å². The molecule has 1 aromatic carbocycles. The molecule has 6 heteroatoms. The SMILES string of the molecule is CC=CC1=NS(=S(=O)=O)C(c2ccc(C)cc2)=N1. The van der Waals surface area contributed by atoms with E-state index in [1.807, 2.05) is 38.1 Å². The normalized spacial score (nSPS) is 18.9. The number of benzene rings is 1. The van der Waals surface area contributed by atoms with Crippen molar-refractivity contribution in [1.29, 1.82) is 0 Å². The summed E-state index contributed by atoms with van der Waals surface area (Å²) in [6.45, 7) is 3.82. The molecule has 1 aromatic rings. The van der Waals surface area contributed by atoms with Gasteiger partial charge in [0.1, 0.15) is 14.7 Å². The van der Waals surface area contributed by atoms with Gasteiger partial charge in [-0.2, -0.15) is 12.8 Å². The minimum Gasteiger partial charge on any atom is -0.219 e. The fourth-order valence-corrected chi connectivity index (χ4v) is 3.72. The molecule has 2 rings (SSSR count).